The summed E-state index contributed by atoms with van der Waals surface area (Å²) in [5.74, 6) is -9.90. The molecule has 4 aromatic heterocycles. The highest BCUT2D eigenvalue weighted by atomic mass is 35.5. The van der Waals surface area contributed by atoms with Crippen LogP contribution < -0.4 is 32.3 Å². The van der Waals surface area contributed by atoms with E-state index in [0.717, 1.165) is 6.42 Å². The number of aromatic nitrogens is 6. The van der Waals surface area contributed by atoms with Gasteiger partial charge in [-0.15, -0.1) is 12.4 Å². The minimum atomic E-state index is -3.94. The van der Waals surface area contributed by atoms with E-state index < -0.39 is 80.6 Å². The number of halogens is 7. The molecule has 0 aliphatic heterocycles. The summed E-state index contributed by atoms with van der Waals surface area (Å²) < 4.78 is 118. The van der Waals surface area contributed by atoms with Crippen molar-refractivity contribution in [3.05, 3.63) is 144 Å². The Morgan fingerprint density at radius 1 is 0.602 bits per heavy atom. The summed E-state index contributed by atoms with van der Waals surface area (Å²) in [5, 5.41) is 14.8. The number of alkyl carbamates (subject to hydrolysis) is 1. The van der Waals surface area contributed by atoms with Gasteiger partial charge < -0.3 is 37.1 Å². The highest BCUT2D eigenvalue weighted by molar-refractivity contribution is 7.90. The molecule has 468 valence electrons. The van der Waals surface area contributed by atoms with Gasteiger partial charge >= 0.3 is 17.9 Å². The Labute approximate surface area is 521 Å². The van der Waals surface area contributed by atoms with Crippen LogP contribution in [-0.2, 0) is 34.4 Å². The minimum Gasteiger partial charge on any atom is -0.444 e. The van der Waals surface area contributed by atoms with E-state index >= 15 is 0 Å². The molecule has 29 heteroatoms. The van der Waals surface area contributed by atoms with Gasteiger partial charge in [0.25, 0.3) is 31.9 Å². The molecule has 4 aromatic carbocycles. The van der Waals surface area contributed by atoms with Gasteiger partial charge in [0.2, 0.25) is 11.9 Å². The number of carbonyl (C=O) groups excluding carboxylic acids is 3. The lowest BCUT2D eigenvalue weighted by Gasteiger charge is -2.31. The first kappa shape index (κ1) is 66.3. The van der Waals surface area contributed by atoms with Gasteiger partial charge in [-0.05, 0) is 109 Å². The molecule has 4 atom stereocenters. The van der Waals surface area contributed by atoms with Crippen LogP contribution in [0.1, 0.15) is 72.1 Å². The number of carbonyl (C=O) groups is 3. The molecule has 10 rings (SSSR count). The fourth-order valence-corrected chi connectivity index (χ4v) is 13.4. The molecule has 2 fully saturated rings. The molecule has 2 saturated carbocycles. The van der Waals surface area contributed by atoms with Crippen molar-refractivity contribution in [1.29, 1.82) is 0 Å². The molecule has 0 unspecified atom stereocenters. The second-order valence-electron chi connectivity index (χ2n) is 22.0. The van der Waals surface area contributed by atoms with Crippen molar-refractivity contribution in [3.8, 4) is 22.5 Å². The number of para-hydroxylation sites is 2. The minimum absolute atomic E-state index is 0. The van der Waals surface area contributed by atoms with E-state index in [1.54, 1.807) is 106 Å². The SMILES string of the molecule is CC(C)(C)OC(=O)NCC(F)(F)C(=O)N[C@H]1CCC[C@@H](Nc2ncc(Cl)c(-c3cn(S(=O)(=O)c4ccccc4)c4ccccc34)n2)C1.Cl.NCC(F)(F)C(=O)N[C@H]1CCC[C@@H](Nc2ncc(Cl)c(-c3cn(S(=O)(=O)c4ccccc4)c4ccccc34)n2)C1. The lowest BCUT2D eigenvalue weighted by atomic mass is 9.91. The second-order valence-corrected chi connectivity index (χ2v) is 26.4. The van der Waals surface area contributed by atoms with Gasteiger partial charge in [0, 0.05) is 58.5 Å². The van der Waals surface area contributed by atoms with E-state index in [0.29, 0.717) is 89.3 Å². The van der Waals surface area contributed by atoms with Crippen molar-refractivity contribution >= 4 is 107 Å². The first-order chi connectivity index (χ1) is 41.2. The number of alkyl halides is 4. The first-order valence-corrected chi connectivity index (χ1v) is 31.3. The van der Waals surface area contributed by atoms with Gasteiger partial charge in [0.15, 0.2) is 0 Å². The second kappa shape index (κ2) is 27.4. The Hall–Kier alpha value is -7.62. The maximum atomic E-state index is 14.6. The molecule has 20 nitrogen and oxygen atoms in total. The molecule has 3 amide bonds. The first-order valence-electron chi connectivity index (χ1n) is 27.7. The molecule has 8 aromatic rings. The number of ether oxygens (including phenoxy) is 1. The molecule has 88 heavy (non-hydrogen) atoms. The van der Waals surface area contributed by atoms with Gasteiger partial charge in [-0.25, -0.2) is 49.5 Å². The third-order valence-corrected chi connectivity index (χ3v) is 18.3. The number of hydrogen-bond acceptors (Lipinski definition) is 15. The number of amides is 3. The Morgan fingerprint density at radius 3 is 1.40 bits per heavy atom. The fraction of sp³-hybridized carbons (Fsp3) is 0.339. The third kappa shape index (κ3) is 15.4. The Bertz CT molecular complexity index is 4050. The molecule has 0 bridgehead atoms. The van der Waals surface area contributed by atoms with Crippen molar-refractivity contribution in [2.75, 3.05) is 23.7 Å². The van der Waals surface area contributed by atoms with Gasteiger partial charge in [-0.1, -0.05) is 96.0 Å². The van der Waals surface area contributed by atoms with E-state index in [1.807, 2.05) is 5.32 Å². The topological polar surface area (TPSA) is 276 Å². The van der Waals surface area contributed by atoms with E-state index in [1.165, 1.54) is 57.0 Å². The number of benzene rings is 4. The van der Waals surface area contributed by atoms with Gasteiger partial charge in [0.1, 0.15) is 5.60 Å². The number of nitrogens with one attached hydrogen (secondary N) is 5. The lowest BCUT2D eigenvalue weighted by Crippen LogP contribution is -2.52. The summed E-state index contributed by atoms with van der Waals surface area (Å²) in [6.45, 7) is 2.53. The zero-order chi connectivity index (χ0) is 62.5. The molecule has 0 spiro atoms. The zero-order valence-electron chi connectivity index (χ0n) is 47.6. The Balaban J connectivity index is 0.000000228. The monoisotopic (exact) mass is 1310 g/mol. The highest BCUT2D eigenvalue weighted by Crippen LogP contribution is 2.38. The fourth-order valence-electron chi connectivity index (χ4n) is 10.3. The highest BCUT2D eigenvalue weighted by Gasteiger charge is 2.42. The van der Waals surface area contributed by atoms with Gasteiger partial charge in [0.05, 0.1) is 67.7 Å². The predicted molar refractivity (Wildman–Crippen MR) is 330 cm³/mol. The number of fused-ring (bicyclic) bond motifs is 2. The summed E-state index contributed by atoms with van der Waals surface area (Å²) in [5.41, 5.74) is 6.68. The van der Waals surface area contributed by atoms with Crippen LogP contribution >= 0.6 is 35.6 Å². The summed E-state index contributed by atoms with van der Waals surface area (Å²) in [7, 11) is -7.85. The lowest BCUT2D eigenvalue weighted by molar-refractivity contribution is -0.146. The molecule has 2 aliphatic rings. The number of anilines is 2. The predicted octanol–water partition coefficient (Wildman–Crippen LogP) is 10.8. The van der Waals surface area contributed by atoms with Gasteiger partial charge in [-0.3, -0.25) is 9.59 Å². The molecular formula is C59H63Cl3F4N12O8S2. The smallest absolute Gasteiger partial charge is 0.407 e. The van der Waals surface area contributed by atoms with Crippen LogP contribution in [-0.4, -0.2) is 117 Å². The van der Waals surface area contributed by atoms with Crippen LogP contribution in [0.4, 0.5) is 34.3 Å². The molecule has 0 radical (unpaired) electrons. The summed E-state index contributed by atoms with van der Waals surface area (Å²) >= 11 is 13.1. The van der Waals surface area contributed by atoms with Gasteiger partial charge in [-0.2, -0.15) is 17.6 Å². The Kier molecular flexibility index (Phi) is 20.7. The molecule has 7 N–H and O–H groups in total. The van der Waals surface area contributed by atoms with Crippen molar-refractivity contribution in [2.24, 2.45) is 5.73 Å². The molecule has 4 heterocycles. The summed E-state index contributed by atoms with van der Waals surface area (Å²) in [4.78, 5) is 54.2. The Morgan fingerprint density at radius 2 is 0.989 bits per heavy atom. The largest absolute Gasteiger partial charge is 0.444 e. The van der Waals surface area contributed by atoms with E-state index in [9.17, 15) is 48.8 Å². The average Bonchev–Trinajstić information content (AvgIpc) is 1.68. The average molecular weight is 1310 g/mol. The maximum Gasteiger partial charge on any atom is 0.407 e. The number of hydrogen-bond donors (Lipinski definition) is 6. The number of rotatable bonds is 17. The molecular weight excluding hydrogens is 1250 g/mol. The number of nitrogens with zero attached hydrogens (tertiary/aromatic N) is 6. The third-order valence-electron chi connectivity index (χ3n) is 14.4. The van der Waals surface area contributed by atoms with E-state index in [2.05, 4.69) is 41.2 Å². The van der Waals surface area contributed by atoms with Crippen LogP contribution in [0.2, 0.25) is 10.0 Å². The molecule has 0 saturated heterocycles. The standard InChI is InChI=1S/C32H35ClF2N6O5S.C27H27ClF2N6O3S.ClH/c1-31(2,3)46-30(43)37-19-32(34,35)28(42)38-20-10-9-11-21(16-20)39-29-36-17-25(33)27(40-29)24-18-41(26-15-8-7-14-23(24)26)47(44,45)22-12-5-4-6-13-22;28-22-14-32-26(34-18-8-6-7-17(13-18)33-25(37)27(29,30)16-31)35-24(22)21-15-36(23-12-5-4-11-20(21)23)40(38,39)19-9-2-1-3-10-19;/h4-8,12-15,17-18,20-21H,9-11,16,19H2,1-3H3,(H,37,43)(H,38,42)(H,36,39,40);1-5,9-12,14-15,17-18H,6-8,13,16,31H2,(H,33,37)(H,32,34,35);1H/t20-,21+;17-,18+;/m00./s1. The van der Waals surface area contributed by atoms with Crippen molar-refractivity contribution in [1.82, 2.24) is 43.8 Å². The van der Waals surface area contributed by atoms with Crippen molar-refractivity contribution in [2.45, 2.75) is 124 Å². The van der Waals surface area contributed by atoms with Crippen LogP contribution in [0.3, 0.4) is 0 Å². The summed E-state index contributed by atoms with van der Waals surface area (Å²) in [6, 6.07) is 28.7. The van der Waals surface area contributed by atoms with Crippen LogP contribution in [0.5, 0.6) is 0 Å². The zero-order valence-corrected chi connectivity index (χ0v) is 51.6. The number of nitrogens with two attached hydrogens (primary N) is 1. The summed E-state index contributed by atoms with van der Waals surface area (Å²) in [6.07, 6.45) is 9.24. The van der Waals surface area contributed by atoms with Crippen LogP contribution in [0, 0.1) is 0 Å². The maximum absolute atomic E-state index is 14.6. The van der Waals surface area contributed by atoms with E-state index in [-0.39, 0.29) is 56.2 Å². The van der Waals surface area contributed by atoms with Crippen molar-refractivity contribution < 1.29 is 53.5 Å². The van der Waals surface area contributed by atoms with Crippen molar-refractivity contribution in [3.63, 3.8) is 0 Å². The van der Waals surface area contributed by atoms with E-state index in [4.69, 9.17) is 33.7 Å². The molecule has 2 aliphatic carbocycles. The van der Waals surface area contributed by atoms with Crippen LogP contribution in [0.25, 0.3) is 44.3 Å². The quantitative estimate of drug-likeness (QED) is 0.0463. The van der Waals surface area contributed by atoms with Crippen LogP contribution in [0.15, 0.2) is 144 Å². The normalized spacial score (nSPS) is 17.4.